The van der Waals surface area contributed by atoms with E-state index in [2.05, 4.69) is 10.3 Å². The van der Waals surface area contributed by atoms with Gasteiger partial charge in [-0.3, -0.25) is 10.1 Å². The highest BCUT2D eigenvalue weighted by molar-refractivity contribution is 7.19. The summed E-state index contributed by atoms with van der Waals surface area (Å²) in [6, 6.07) is 8.48. The number of nitrogens with one attached hydrogen (secondary N) is 1. The van der Waals surface area contributed by atoms with E-state index >= 15 is 0 Å². The number of hydrogen-bond donors (Lipinski definition) is 2. The lowest BCUT2D eigenvalue weighted by Gasteiger charge is -2.30. The molecule has 1 heterocycles. The maximum Gasteiger partial charge on any atom is 0.341 e. The summed E-state index contributed by atoms with van der Waals surface area (Å²) < 4.78 is 5.72. The van der Waals surface area contributed by atoms with Gasteiger partial charge in [-0.1, -0.05) is 61.4 Å². The fraction of sp³-hybridized carbons (Fsp3) is 0.312. The number of halogens is 1. The summed E-state index contributed by atoms with van der Waals surface area (Å²) in [5.41, 5.74) is 4.35. The van der Waals surface area contributed by atoms with Crippen molar-refractivity contribution in [3.8, 4) is 5.75 Å². The average Bonchev–Trinajstić information content (AvgIpc) is 2.98. The number of benzene rings is 1. The smallest absolute Gasteiger partial charge is 0.341 e. The van der Waals surface area contributed by atoms with Crippen LogP contribution >= 0.6 is 22.9 Å². The molecule has 6 nitrogen and oxygen atoms in total. The monoisotopic (exact) mass is 367 g/mol. The van der Waals surface area contributed by atoms with Crippen LogP contribution in [0.15, 0.2) is 36.5 Å². The second-order valence-corrected chi connectivity index (χ2v) is 6.97. The fourth-order valence-corrected chi connectivity index (χ4v) is 2.84. The van der Waals surface area contributed by atoms with E-state index in [0.29, 0.717) is 16.5 Å². The molecule has 0 radical (unpaired) electrons. The Kier molecular flexibility index (Phi) is 5.93. The second kappa shape index (κ2) is 7.74. The Labute approximate surface area is 149 Å². The Hall–Kier alpha value is -1.96. The lowest BCUT2D eigenvalue weighted by molar-refractivity contribution is -0.147. The van der Waals surface area contributed by atoms with Crippen LogP contribution in [0, 0.1) is 5.92 Å². The number of anilines is 1. The van der Waals surface area contributed by atoms with Crippen molar-refractivity contribution in [1.82, 2.24) is 4.98 Å². The maximum absolute atomic E-state index is 12.7. The SMILES string of the molecule is CCC(C)C(N)(C(=O)Nc1ncc(Cl)s1)C(=O)Oc1ccccc1. The van der Waals surface area contributed by atoms with Gasteiger partial charge in [0.2, 0.25) is 0 Å². The molecule has 0 bridgehead atoms. The molecule has 1 aromatic carbocycles. The first kappa shape index (κ1) is 18.4. The van der Waals surface area contributed by atoms with E-state index in [1.807, 2.05) is 6.92 Å². The molecule has 0 fully saturated rings. The van der Waals surface area contributed by atoms with E-state index < -0.39 is 23.3 Å². The summed E-state index contributed by atoms with van der Waals surface area (Å²) in [6.07, 6.45) is 1.93. The molecule has 3 N–H and O–H groups in total. The zero-order valence-electron chi connectivity index (χ0n) is 13.3. The number of thiazole rings is 1. The van der Waals surface area contributed by atoms with Crippen molar-refractivity contribution in [2.45, 2.75) is 25.8 Å². The Morgan fingerprint density at radius 1 is 1.42 bits per heavy atom. The van der Waals surface area contributed by atoms with Gasteiger partial charge in [0.15, 0.2) is 10.7 Å². The average molecular weight is 368 g/mol. The molecule has 2 atom stereocenters. The number of hydrogen-bond acceptors (Lipinski definition) is 6. The molecule has 0 aliphatic rings. The van der Waals surface area contributed by atoms with Gasteiger partial charge in [0.05, 0.1) is 6.20 Å². The molecule has 0 aliphatic carbocycles. The molecule has 0 saturated heterocycles. The van der Waals surface area contributed by atoms with Crippen molar-refractivity contribution >= 4 is 39.9 Å². The second-order valence-electron chi connectivity index (χ2n) is 5.30. The van der Waals surface area contributed by atoms with Crippen LogP contribution < -0.4 is 15.8 Å². The highest BCUT2D eigenvalue weighted by Gasteiger charge is 2.48. The van der Waals surface area contributed by atoms with Crippen LogP contribution in [0.1, 0.15) is 20.3 Å². The Morgan fingerprint density at radius 3 is 2.62 bits per heavy atom. The van der Waals surface area contributed by atoms with Crippen molar-refractivity contribution in [3.05, 3.63) is 40.9 Å². The molecular weight excluding hydrogens is 350 g/mol. The molecule has 1 amide bonds. The minimum Gasteiger partial charge on any atom is -0.425 e. The number of esters is 1. The van der Waals surface area contributed by atoms with Crippen molar-refractivity contribution in [1.29, 1.82) is 0 Å². The minimum absolute atomic E-state index is 0.274. The highest BCUT2D eigenvalue weighted by Crippen LogP contribution is 2.26. The van der Waals surface area contributed by atoms with Crippen LogP contribution in [0.5, 0.6) is 5.75 Å². The van der Waals surface area contributed by atoms with Crippen molar-refractivity contribution in [2.75, 3.05) is 5.32 Å². The van der Waals surface area contributed by atoms with Gasteiger partial charge in [-0.25, -0.2) is 9.78 Å². The summed E-state index contributed by atoms with van der Waals surface area (Å²) in [5.74, 6) is -1.61. The number of carbonyl (C=O) groups excluding carboxylic acids is 2. The summed E-state index contributed by atoms with van der Waals surface area (Å²) in [7, 11) is 0. The molecule has 2 unspecified atom stereocenters. The number of nitrogens with two attached hydrogens (primary N) is 1. The van der Waals surface area contributed by atoms with Crippen LogP contribution in [0.25, 0.3) is 0 Å². The lowest BCUT2D eigenvalue weighted by atomic mass is 9.83. The first-order valence-corrected chi connectivity index (χ1v) is 8.56. The molecule has 2 aromatic rings. The number of nitrogens with zero attached hydrogens (tertiary/aromatic N) is 1. The van der Waals surface area contributed by atoms with Crippen LogP contribution in [0.4, 0.5) is 5.13 Å². The van der Waals surface area contributed by atoms with E-state index in [1.54, 1.807) is 37.3 Å². The maximum atomic E-state index is 12.7. The first-order valence-electron chi connectivity index (χ1n) is 7.36. The molecule has 24 heavy (non-hydrogen) atoms. The number of amides is 1. The standard InChI is InChI=1S/C16H18ClN3O3S/c1-3-10(2)16(18,13(21)20-15-19-9-12(17)24-15)14(22)23-11-7-5-4-6-8-11/h4-10H,3,18H2,1-2H3,(H,19,20,21). The highest BCUT2D eigenvalue weighted by atomic mass is 35.5. The van der Waals surface area contributed by atoms with E-state index in [9.17, 15) is 9.59 Å². The molecular formula is C16H18ClN3O3S. The van der Waals surface area contributed by atoms with E-state index in [1.165, 1.54) is 6.20 Å². The van der Waals surface area contributed by atoms with Gasteiger partial charge >= 0.3 is 5.97 Å². The van der Waals surface area contributed by atoms with Gasteiger partial charge in [-0.15, -0.1) is 0 Å². The third-order valence-electron chi connectivity index (χ3n) is 3.75. The van der Waals surface area contributed by atoms with E-state index in [0.717, 1.165) is 11.3 Å². The van der Waals surface area contributed by atoms with Gasteiger partial charge in [0.1, 0.15) is 10.1 Å². The van der Waals surface area contributed by atoms with E-state index in [4.69, 9.17) is 22.1 Å². The number of ether oxygens (including phenoxy) is 1. The van der Waals surface area contributed by atoms with Gasteiger partial charge in [-0.05, 0) is 18.1 Å². The van der Waals surface area contributed by atoms with Crippen molar-refractivity contribution < 1.29 is 14.3 Å². The van der Waals surface area contributed by atoms with Gasteiger partial charge < -0.3 is 10.5 Å². The quantitative estimate of drug-likeness (QED) is 0.465. The topological polar surface area (TPSA) is 94.3 Å². The third-order valence-corrected chi connectivity index (χ3v) is 4.79. The number of carbonyl (C=O) groups is 2. The molecule has 2 rings (SSSR count). The summed E-state index contributed by atoms with van der Waals surface area (Å²) in [6.45, 7) is 3.57. The van der Waals surface area contributed by atoms with Gasteiger partial charge in [0.25, 0.3) is 5.91 Å². The summed E-state index contributed by atoms with van der Waals surface area (Å²) >= 11 is 6.88. The molecule has 0 spiro atoms. The lowest BCUT2D eigenvalue weighted by Crippen LogP contribution is -2.63. The Balaban J connectivity index is 2.24. The van der Waals surface area contributed by atoms with Crippen LogP contribution in [-0.2, 0) is 9.59 Å². The molecule has 1 aromatic heterocycles. The van der Waals surface area contributed by atoms with Crippen molar-refractivity contribution in [3.63, 3.8) is 0 Å². The third kappa shape index (κ3) is 3.92. The Morgan fingerprint density at radius 2 is 2.08 bits per heavy atom. The van der Waals surface area contributed by atoms with Crippen LogP contribution in [-0.4, -0.2) is 22.4 Å². The fourth-order valence-electron chi connectivity index (χ4n) is 2.03. The van der Waals surface area contributed by atoms with Gasteiger partial charge in [-0.2, -0.15) is 0 Å². The zero-order chi connectivity index (χ0) is 17.7. The molecule has 128 valence electrons. The molecule has 0 saturated carbocycles. The normalized spacial score (nSPS) is 14.5. The summed E-state index contributed by atoms with van der Waals surface area (Å²) in [5, 5.41) is 2.82. The van der Waals surface area contributed by atoms with E-state index in [-0.39, 0.29) is 5.13 Å². The van der Waals surface area contributed by atoms with Crippen molar-refractivity contribution in [2.24, 2.45) is 11.7 Å². The predicted octanol–water partition coefficient (Wildman–Crippen LogP) is 3.08. The number of para-hydroxylation sites is 1. The largest absolute Gasteiger partial charge is 0.425 e. The van der Waals surface area contributed by atoms with Crippen LogP contribution in [0.3, 0.4) is 0 Å². The number of aromatic nitrogens is 1. The molecule has 8 heteroatoms. The predicted molar refractivity (Wildman–Crippen MR) is 94.2 cm³/mol. The van der Waals surface area contributed by atoms with Gasteiger partial charge in [0, 0.05) is 0 Å². The Bertz CT molecular complexity index is 722. The molecule has 0 aliphatic heterocycles. The zero-order valence-corrected chi connectivity index (χ0v) is 14.9. The minimum atomic E-state index is -1.84. The van der Waals surface area contributed by atoms with Crippen LogP contribution in [0.2, 0.25) is 4.34 Å². The summed E-state index contributed by atoms with van der Waals surface area (Å²) in [4.78, 5) is 29.2. The number of rotatable bonds is 6. The first-order chi connectivity index (χ1) is 11.4.